The smallest absolute Gasteiger partial charge is 0.147 e. The van der Waals surface area contributed by atoms with Gasteiger partial charge in [-0.1, -0.05) is 0 Å². The zero-order valence-electron chi connectivity index (χ0n) is 3.84. The maximum absolute atomic E-state index is 4.54. The molecule has 47 valence electrons. The van der Waals surface area contributed by atoms with E-state index in [0.29, 0.717) is 0 Å². The minimum atomic E-state index is 0. The van der Waals surface area contributed by atoms with Gasteiger partial charge in [0.05, 0.1) is 0 Å². The third-order valence-electron chi connectivity index (χ3n) is 0.144. The second kappa shape index (κ2) is 25.7. The zero-order chi connectivity index (χ0) is 3.41. The normalized spacial score (nSPS) is 4.00. The van der Waals surface area contributed by atoms with Crippen LogP contribution in [0.1, 0.15) is 6.92 Å². The minimum Gasteiger partial charge on any atom is -0.147 e. The van der Waals surface area contributed by atoms with E-state index in [1.54, 1.807) is 20.8 Å². The van der Waals surface area contributed by atoms with Gasteiger partial charge in [-0.2, -0.15) is 0 Å². The van der Waals surface area contributed by atoms with Gasteiger partial charge in [-0.3, -0.25) is 0 Å². The number of hydrogen-bond donors (Lipinski definition) is 0. The van der Waals surface area contributed by atoms with Crippen molar-refractivity contribution in [3.63, 3.8) is 0 Å². The first-order valence-electron chi connectivity index (χ1n) is 1.20. The van der Waals surface area contributed by atoms with E-state index in [4.69, 9.17) is 0 Å². The molecule has 0 saturated carbocycles. The van der Waals surface area contributed by atoms with E-state index in [2.05, 4.69) is 3.32 Å². The Labute approximate surface area is 74.7 Å². The van der Waals surface area contributed by atoms with Crippen molar-refractivity contribution in [1.29, 1.82) is 0 Å². The summed E-state index contributed by atoms with van der Waals surface area (Å²) in [6.45, 7) is 2.78. The minimum absolute atomic E-state index is 0. The second-order valence-corrected chi connectivity index (χ2v) is 0.884. The summed E-state index contributed by atoms with van der Waals surface area (Å²) < 4.78 is 4.54. The Balaban J connectivity index is -0.0000000150. The molecule has 0 aromatic heterocycles. The van der Waals surface area contributed by atoms with Crippen LogP contribution in [0, 0.1) is 0 Å². The van der Waals surface area contributed by atoms with E-state index in [0.717, 1.165) is 6.61 Å². The van der Waals surface area contributed by atoms with Crippen LogP contribution in [-0.4, -0.2) is 6.61 Å². The molecule has 0 spiro atoms. The Morgan fingerprint density at radius 1 is 1.29 bits per heavy atom. The van der Waals surface area contributed by atoms with Crippen molar-refractivity contribution in [1.82, 2.24) is 0 Å². The average Bonchev–Trinajstić information content (AvgIpc) is 1.37. The summed E-state index contributed by atoms with van der Waals surface area (Å²) >= 11 is 1.68. The van der Waals surface area contributed by atoms with Crippen molar-refractivity contribution >= 4 is 37.2 Å². The quantitative estimate of drug-likeness (QED) is 0.589. The molecule has 0 rings (SSSR count). The first-order valence-corrected chi connectivity index (χ1v) is 1.84. The van der Waals surface area contributed by atoms with Crippen LogP contribution >= 0.6 is 37.2 Å². The van der Waals surface area contributed by atoms with E-state index in [1.807, 2.05) is 6.92 Å². The second-order valence-electron chi connectivity index (χ2n) is 0.433. The van der Waals surface area contributed by atoms with E-state index < -0.39 is 0 Å². The van der Waals surface area contributed by atoms with Crippen molar-refractivity contribution in [3.8, 4) is 0 Å². The van der Waals surface area contributed by atoms with Crippen LogP contribution in [0.15, 0.2) is 0 Å². The van der Waals surface area contributed by atoms with Gasteiger partial charge >= 0.3 is 37.7 Å². The predicted octanol–water partition coefficient (Wildman–Crippen LogP) is 1.75. The molecule has 0 aliphatic heterocycles. The van der Waals surface area contributed by atoms with Crippen LogP contribution in [0.2, 0.25) is 0 Å². The maximum Gasteiger partial charge on any atom is -0.147 e. The molecule has 0 radical (unpaired) electrons. The maximum atomic E-state index is 4.54. The fourth-order valence-electron chi connectivity index (χ4n) is 0. The third kappa shape index (κ3) is 35.8. The van der Waals surface area contributed by atoms with Gasteiger partial charge in [-0.15, -0.1) is 37.2 Å². The van der Waals surface area contributed by atoms with Gasteiger partial charge in [-0.25, -0.2) is 0 Å². The van der Waals surface area contributed by atoms with Crippen molar-refractivity contribution in [2.24, 2.45) is 0 Å². The van der Waals surface area contributed by atoms with Gasteiger partial charge in [0.15, 0.2) is 0 Å². The summed E-state index contributed by atoms with van der Waals surface area (Å²) in [6.07, 6.45) is 0. The van der Waals surface area contributed by atoms with Crippen molar-refractivity contribution in [2.45, 2.75) is 6.92 Å². The first-order chi connectivity index (χ1) is 1.91. The molecule has 0 atom stereocenters. The summed E-state index contributed by atoms with van der Waals surface area (Å²) in [5, 5.41) is 0. The number of rotatable bonds is 1. The predicted molar refractivity (Wildman–Crippen MR) is 33.4 cm³/mol. The molecule has 1 nitrogen and oxygen atoms in total. The van der Waals surface area contributed by atoms with Crippen LogP contribution in [0.5, 0.6) is 0 Å². The largest absolute Gasteiger partial charge is 0.147 e. The van der Waals surface area contributed by atoms with Crippen molar-refractivity contribution < 1.29 is 24.1 Å². The Hall–Kier alpha value is 1.54. The molecule has 0 heterocycles. The summed E-state index contributed by atoms with van der Waals surface area (Å²) in [6, 6.07) is 0. The number of halogens is 3. The van der Waals surface area contributed by atoms with Crippen LogP contribution < -0.4 is 0 Å². The molecule has 0 unspecified atom stereocenters. The molecule has 0 aliphatic rings. The Kier molecular flexibility index (Phi) is 86.5. The van der Waals surface area contributed by atoms with Crippen molar-refractivity contribution in [3.05, 3.63) is 0 Å². The molecular formula is C2H8Cl3OTi. The van der Waals surface area contributed by atoms with Gasteiger partial charge in [0.2, 0.25) is 0 Å². The number of hydrogen-bond acceptors (Lipinski definition) is 1. The van der Waals surface area contributed by atoms with Gasteiger partial charge < -0.3 is 0 Å². The van der Waals surface area contributed by atoms with Gasteiger partial charge in [0, 0.05) is 0 Å². The molecule has 5 heteroatoms. The first kappa shape index (κ1) is 23.5. The third-order valence-corrected chi connectivity index (χ3v) is 0.595. The Morgan fingerprint density at radius 2 is 1.43 bits per heavy atom. The standard InChI is InChI=1S/C2H5O.3ClH.Ti/c1-2-3;;;;/h2H2,1H3;3*1H;/q-1;;;;+1. The topological polar surface area (TPSA) is 9.23 Å². The molecule has 0 aromatic carbocycles. The van der Waals surface area contributed by atoms with E-state index in [9.17, 15) is 0 Å². The molecular weight excluding hydrogens is 194 g/mol. The Bertz CT molecular complexity index is 14.9. The van der Waals surface area contributed by atoms with Gasteiger partial charge in [0.25, 0.3) is 0 Å². The van der Waals surface area contributed by atoms with Gasteiger partial charge in [0.1, 0.15) is 0 Å². The van der Waals surface area contributed by atoms with Crippen LogP contribution in [0.4, 0.5) is 0 Å². The van der Waals surface area contributed by atoms with E-state index >= 15 is 0 Å². The Morgan fingerprint density at radius 3 is 1.43 bits per heavy atom. The molecule has 0 aliphatic carbocycles. The van der Waals surface area contributed by atoms with Crippen LogP contribution in [0.25, 0.3) is 0 Å². The molecule has 0 amide bonds. The van der Waals surface area contributed by atoms with E-state index in [1.165, 1.54) is 0 Å². The van der Waals surface area contributed by atoms with E-state index in [-0.39, 0.29) is 37.2 Å². The van der Waals surface area contributed by atoms with Crippen LogP contribution in [0.3, 0.4) is 0 Å². The summed E-state index contributed by atoms with van der Waals surface area (Å²) in [4.78, 5) is 0. The summed E-state index contributed by atoms with van der Waals surface area (Å²) in [7, 11) is 0. The molecule has 0 saturated heterocycles. The van der Waals surface area contributed by atoms with Crippen molar-refractivity contribution in [2.75, 3.05) is 6.61 Å². The molecule has 0 N–H and O–H groups in total. The summed E-state index contributed by atoms with van der Waals surface area (Å²) in [5.41, 5.74) is 0. The monoisotopic (exact) mass is 201 g/mol. The van der Waals surface area contributed by atoms with Gasteiger partial charge in [-0.05, 0) is 0 Å². The molecule has 7 heavy (non-hydrogen) atoms. The summed E-state index contributed by atoms with van der Waals surface area (Å²) in [5.74, 6) is 0. The fraction of sp³-hybridized carbons (Fsp3) is 1.00. The SMILES string of the molecule is CC[O][Ti].Cl.Cl.Cl. The molecule has 0 aromatic rings. The fourth-order valence-corrected chi connectivity index (χ4v) is 0. The zero-order valence-corrected chi connectivity index (χ0v) is 7.85. The molecule has 0 bridgehead atoms. The average molecular weight is 202 g/mol. The molecule has 0 fully saturated rings. The van der Waals surface area contributed by atoms with Crippen LogP contribution in [-0.2, 0) is 24.1 Å².